The second-order valence-electron chi connectivity index (χ2n) is 5.96. The molecule has 2 aromatic rings. The number of aryl methyl sites for hydroxylation is 1. The van der Waals surface area contributed by atoms with Crippen LogP contribution in [0.1, 0.15) is 11.3 Å². The van der Waals surface area contributed by atoms with Gasteiger partial charge in [-0.25, -0.2) is 9.98 Å². The van der Waals surface area contributed by atoms with Crippen LogP contribution >= 0.6 is 11.8 Å². The molecular weight excluding hydrogens is 362 g/mol. The number of ether oxygens (including phenoxy) is 2. The average Bonchev–Trinajstić information content (AvgIpc) is 3.22. The van der Waals surface area contributed by atoms with E-state index >= 15 is 0 Å². The summed E-state index contributed by atoms with van der Waals surface area (Å²) in [5.41, 5.74) is 1.74. The van der Waals surface area contributed by atoms with E-state index in [0.29, 0.717) is 33.9 Å². The fraction of sp³-hybridized carbons (Fsp3) is 0.150. The molecule has 1 aromatic heterocycles. The van der Waals surface area contributed by atoms with Gasteiger partial charge in [-0.1, -0.05) is 18.2 Å². The summed E-state index contributed by atoms with van der Waals surface area (Å²) in [6, 6.07) is 11.2. The highest BCUT2D eigenvalue weighted by Crippen LogP contribution is 2.36. The molecule has 0 N–H and O–H groups in total. The number of fused-ring (bicyclic) bond motifs is 1. The van der Waals surface area contributed by atoms with Crippen molar-refractivity contribution in [1.29, 1.82) is 0 Å². The summed E-state index contributed by atoms with van der Waals surface area (Å²) in [5.74, 6) is 1.86. The summed E-state index contributed by atoms with van der Waals surface area (Å²) >= 11 is 1.32. The third-order valence-corrected chi connectivity index (χ3v) is 4.98. The molecule has 0 bridgehead atoms. The van der Waals surface area contributed by atoms with Gasteiger partial charge in [0.05, 0.1) is 4.91 Å². The largest absolute Gasteiger partial charge is 0.454 e. The molecule has 1 saturated heterocycles. The van der Waals surface area contributed by atoms with Crippen LogP contribution in [0.5, 0.6) is 11.5 Å². The zero-order chi connectivity index (χ0) is 18.8. The molecule has 1 aromatic carbocycles. The lowest BCUT2D eigenvalue weighted by Crippen LogP contribution is -2.29. The lowest BCUT2D eigenvalue weighted by molar-refractivity contribution is -0.121. The van der Waals surface area contributed by atoms with Crippen LogP contribution in [0.25, 0.3) is 6.08 Å². The quantitative estimate of drug-likeness (QED) is 0.595. The van der Waals surface area contributed by atoms with Crippen molar-refractivity contribution in [2.24, 2.45) is 4.99 Å². The van der Waals surface area contributed by atoms with E-state index in [1.54, 1.807) is 11.0 Å². The second-order valence-corrected chi connectivity index (χ2v) is 6.97. The zero-order valence-corrected chi connectivity index (χ0v) is 15.5. The van der Waals surface area contributed by atoms with Crippen molar-refractivity contribution in [1.82, 2.24) is 9.88 Å². The van der Waals surface area contributed by atoms with Crippen molar-refractivity contribution in [3.63, 3.8) is 0 Å². The summed E-state index contributed by atoms with van der Waals surface area (Å²) in [6.45, 7) is 6.25. The topological polar surface area (TPSA) is 64.0 Å². The molecule has 4 rings (SSSR count). The number of rotatable bonds is 4. The number of benzene rings is 1. The summed E-state index contributed by atoms with van der Waals surface area (Å²) in [7, 11) is 0. The Morgan fingerprint density at radius 2 is 2.15 bits per heavy atom. The van der Waals surface area contributed by atoms with Gasteiger partial charge in [0.25, 0.3) is 5.91 Å². The Morgan fingerprint density at radius 3 is 2.96 bits per heavy atom. The molecule has 0 aliphatic carbocycles. The average molecular weight is 379 g/mol. The Kier molecular flexibility index (Phi) is 4.68. The van der Waals surface area contributed by atoms with Gasteiger partial charge in [-0.05, 0) is 54.6 Å². The van der Waals surface area contributed by atoms with Crippen molar-refractivity contribution in [2.45, 2.75) is 6.92 Å². The SMILES string of the molecule is C=CCN1C(=O)/C(=C/c2ccc3c(c2)OCO3)S/C1=N/c1cccc(C)n1. The van der Waals surface area contributed by atoms with Crippen LogP contribution in [-0.2, 0) is 4.79 Å². The monoisotopic (exact) mass is 379 g/mol. The minimum absolute atomic E-state index is 0.107. The maximum absolute atomic E-state index is 12.8. The molecule has 0 saturated carbocycles. The fourth-order valence-electron chi connectivity index (χ4n) is 2.72. The van der Waals surface area contributed by atoms with E-state index in [-0.39, 0.29) is 12.7 Å². The highest BCUT2D eigenvalue weighted by Gasteiger charge is 2.32. The molecule has 7 heteroatoms. The third-order valence-electron chi connectivity index (χ3n) is 3.98. The van der Waals surface area contributed by atoms with E-state index in [4.69, 9.17) is 9.47 Å². The maximum atomic E-state index is 12.8. The first-order chi connectivity index (χ1) is 13.1. The lowest BCUT2D eigenvalue weighted by Gasteiger charge is -2.12. The minimum atomic E-state index is -0.107. The number of thioether (sulfide) groups is 1. The van der Waals surface area contributed by atoms with Gasteiger partial charge in [-0.15, -0.1) is 6.58 Å². The van der Waals surface area contributed by atoms with Crippen LogP contribution in [0.15, 0.2) is 59.0 Å². The Hall–Kier alpha value is -3.06. The van der Waals surface area contributed by atoms with Gasteiger partial charge in [0.15, 0.2) is 22.5 Å². The number of amides is 1. The van der Waals surface area contributed by atoms with Crippen LogP contribution in [0.4, 0.5) is 5.82 Å². The number of aromatic nitrogens is 1. The van der Waals surface area contributed by atoms with E-state index in [1.807, 2.05) is 49.4 Å². The number of hydrogen-bond donors (Lipinski definition) is 0. The van der Waals surface area contributed by atoms with E-state index < -0.39 is 0 Å². The Balaban J connectivity index is 1.66. The molecule has 2 aliphatic heterocycles. The van der Waals surface area contributed by atoms with Crippen molar-refractivity contribution in [3.8, 4) is 11.5 Å². The predicted octanol–water partition coefficient (Wildman–Crippen LogP) is 3.91. The molecule has 6 nitrogen and oxygen atoms in total. The van der Waals surface area contributed by atoms with Gasteiger partial charge in [0.1, 0.15) is 0 Å². The van der Waals surface area contributed by atoms with E-state index in [0.717, 1.165) is 11.3 Å². The number of pyridine rings is 1. The highest BCUT2D eigenvalue weighted by atomic mass is 32.2. The first kappa shape index (κ1) is 17.4. The first-order valence-electron chi connectivity index (χ1n) is 8.38. The van der Waals surface area contributed by atoms with Crippen molar-refractivity contribution >= 4 is 34.7 Å². The summed E-state index contributed by atoms with van der Waals surface area (Å²) in [5, 5.41) is 0.588. The highest BCUT2D eigenvalue weighted by molar-refractivity contribution is 8.18. The first-order valence-corrected chi connectivity index (χ1v) is 9.20. The van der Waals surface area contributed by atoms with Gasteiger partial charge in [-0.2, -0.15) is 0 Å². The summed E-state index contributed by atoms with van der Waals surface area (Å²) in [6.07, 6.45) is 3.51. The zero-order valence-electron chi connectivity index (χ0n) is 14.7. The Labute approximate surface area is 161 Å². The Morgan fingerprint density at radius 1 is 1.30 bits per heavy atom. The van der Waals surface area contributed by atoms with Crippen LogP contribution < -0.4 is 9.47 Å². The fourth-order valence-corrected chi connectivity index (χ4v) is 3.72. The second kappa shape index (κ2) is 7.28. The van der Waals surface area contributed by atoms with Gasteiger partial charge in [0.2, 0.25) is 6.79 Å². The molecular formula is C20H17N3O3S. The number of amidine groups is 1. The molecule has 0 radical (unpaired) electrons. The van der Waals surface area contributed by atoms with Gasteiger partial charge >= 0.3 is 0 Å². The van der Waals surface area contributed by atoms with E-state index in [2.05, 4.69) is 16.6 Å². The van der Waals surface area contributed by atoms with E-state index in [1.165, 1.54) is 11.8 Å². The number of aliphatic imine (C=N–C) groups is 1. The molecule has 3 heterocycles. The number of carbonyl (C=O) groups is 1. The van der Waals surface area contributed by atoms with Gasteiger partial charge < -0.3 is 9.47 Å². The number of nitrogens with zero attached hydrogens (tertiary/aromatic N) is 3. The summed E-state index contributed by atoms with van der Waals surface area (Å²) in [4.78, 5) is 24.0. The number of hydrogen-bond acceptors (Lipinski definition) is 6. The van der Waals surface area contributed by atoms with Crippen molar-refractivity contribution < 1.29 is 14.3 Å². The standard InChI is InChI=1S/C20H17N3O3S/c1-3-9-23-19(24)17(11-14-7-8-15-16(10-14)26-12-25-15)27-20(23)22-18-6-4-5-13(2)21-18/h3-8,10-11H,1,9,12H2,2H3/b17-11-,22-20+. The molecule has 0 spiro atoms. The van der Waals surface area contributed by atoms with Crippen LogP contribution in [0.2, 0.25) is 0 Å². The van der Waals surface area contributed by atoms with E-state index in [9.17, 15) is 4.79 Å². The van der Waals surface area contributed by atoms with Gasteiger partial charge in [-0.3, -0.25) is 9.69 Å². The maximum Gasteiger partial charge on any atom is 0.267 e. The van der Waals surface area contributed by atoms with Crippen LogP contribution in [0, 0.1) is 6.92 Å². The number of carbonyl (C=O) groups excluding carboxylic acids is 1. The molecule has 1 fully saturated rings. The molecule has 136 valence electrons. The molecule has 0 unspecified atom stereocenters. The normalized spacial score (nSPS) is 18.6. The summed E-state index contributed by atoms with van der Waals surface area (Å²) < 4.78 is 10.7. The van der Waals surface area contributed by atoms with Crippen molar-refractivity contribution in [2.75, 3.05) is 13.3 Å². The lowest BCUT2D eigenvalue weighted by atomic mass is 10.2. The minimum Gasteiger partial charge on any atom is -0.454 e. The molecule has 2 aliphatic rings. The molecule has 27 heavy (non-hydrogen) atoms. The van der Waals surface area contributed by atoms with Crippen molar-refractivity contribution in [3.05, 3.63) is 65.2 Å². The molecule has 1 amide bonds. The predicted molar refractivity (Wildman–Crippen MR) is 106 cm³/mol. The smallest absolute Gasteiger partial charge is 0.267 e. The third kappa shape index (κ3) is 3.59. The Bertz CT molecular complexity index is 984. The van der Waals surface area contributed by atoms with Gasteiger partial charge in [0, 0.05) is 12.2 Å². The van der Waals surface area contributed by atoms with Crippen LogP contribution in [0.3, 0.4) is 0 Å². The van der Waals surface area contributed by atoms with Crippen LogP contribution in [-0.4, -0.2) is 34.3 Å². The molecule has 0 atom stereocenters.